The predicted octanol–water partition coefficient (Wildman–Crippen LogP) is 2.06. The number of aromatic nitrogens is 1. The minimum Gasteiger partial charge on any atom is -0.369 e. The number of nitrogens with one attached hydrogen (secondary N) is 1. The van der Waals surface area contributed by atoms with Crippen LogP contribution >= 0.6 is 0 Å². The normalized spacial score (nSPS) is 17.1. The zero-order valence-electron chi connectivity index (χ0n) is 12.1. The third-order valence-corrected chi connectivity index (χ3v) is 4.12. The Morgan fingerprint density at radius 2 is 1.75 bits per heavy atom. The monoisotopic (exact) mass is 271 g/mol. The Balaban J connectivity index is 1.83. The van der Waals surface area contributed by atoms with Crippen LogP contribution in [0.5, 0.6) is 0 Å². The molecular formula is C16H21N3O. The molecule has 0 radical (unpaired) electrons. The van der Waals surface area contributed by atoms with E-state index < -0.39 is 0 Å². The summed E-state index contributed by atoms with van der Waals surface area (Å²) in [6.07, 6.45) is 0. The topological polar surface area (TPSA) is 39.3 Å². The Bertz CT molecular complexity index is 654. The van der Waals surface area contributed by atoms with Gasteiger partial charge < -0.3 is 9.88 Å². The van der Waals surface area contributed by atoms with Crippen LogP contribution in [0.2, 0.25) is 0 Å². The molecule has 2 heterocycles. The Hall–Kier alpha value is -1.81. The molecule has 0 atom stereocenters. The molecule has 4 heteroatoms. The highest BCUT2D eigenvalue weighted by atomic mass is 16.1. The molecular weight excluding hydrogens is 250 g/mol. The first kappa shape index (κ1) is 13.2. The average molecular weight is 271 g/mol. The molecule has 1 aliphatic heterocycles. The number of pyridine rings is 1. The highest BCUT2D eigenvalue weighted by Crippen LogP contribution is 2.21. The van der Waals surface area contributed by atoms with E-state index in [1.54, 1.807) is 6.07 Å². The molecule has 4 nitrogen and oxygen atoms in total. The smallest absolute Gasteiger partial charge is 0.248 e. The van der Waals surface area contributed by atoms with Gasteiger partial charge in [-0.25, -0.2) is 0 Å². The Morgan fingerprint density at radius 3 is 2.45 bits per heavy atom. The van der Waals surface area contributed by atoms with Crippen molar-refractivity contribution in [1.29, 1.82) is 0 Å². The molecule has 0 saturated carbocycles. The number of H-pyrrole nitrogens is 1. The van der Waals surface area contributed by atoms with Gasteiger partial charge in [0.25, 0.3) is 0 Å². The molecule has 106 valence electrons. The number of nitrogens with zero attached hydrogens (tertiary/aromatic N) is 2. The van der Waals surface area contributed by atoms with Gasteiger partial charge >= 0.3 is 0 Å². The van der Waals surface area contributed by atoms with E-state index in [9.17, 15) is 4.79 Å². The van der Waals surface area contributed by atoms with Crippen LogP contribution in [-0.2, 0) is 0 Å². The van der Waals surface area contributed by atoms with Gasteiger partial charge in [-0.15, -0.1) is 0 Å². The number of anilines is 1. The standard InChI is InChI=1S/C16H21N3O/c1-12(2)18-7-9-19(10-8-18)14-5-3-13-4-6-16(20)17-15(13)11-14/h3-6,11-12H,7-10H2,1-2H3,(H,17,20). The second-order valence-electron chi connectivity index (χ2n) is 5.71. The summed E-state index contributed by atoms with van der Waals surface area (Å²) in [6.45, 7) is 8.77. The minimum atomic E-state index is -0.0423. The third-order valence-electron chi connectivity index (χ3n) is 4.12. The number of aromatic amines is 1. The fourth-order valence-corrected chi connectivity index (χ4v) is 2.83. The Labute approximate surface area is 119 Å². The maximum absolute atomic E-state index is 11.4. The lowest BCUT2D eigenvalue weighted by Gasteiger charge is -2.38. The maximum Gasteiger partial charge on any atom is 0.248 e. The molecule has 1 aromatic heterocycles. The van der Waals surface area contributed by atoms with Gasteiger partial charge in [-0.3, -0.25) is 9.69 Å². The number of fused-ring (bicyclic) bond motifs is 1. The lowest BCUT2D eigenvalue weighted by Crippen LogP contribution is -2.48. The zero-order valence-corrected chi connectivity index (χ0v) is 12.1. The first-order chi connectivity index (χ1) is 9.63. The largest absolute Gasteiger partial charge is 0.369 e. The van der Waals surface area contributed by atoms with Gasteiger partial charge in [0.15, 0.2) is 0 Å². The van der Waals surface area contributed by atoms with E-state index in [0.717, 1.165) is 37.1 Å². The van der Waals surface area contributed by atoms with Crippen LogP contribution in [0.1, 0.15) is 13.8 Å². The summed E-state index contributed by atoms with van der Waals surface area (Å²) in [6, 6.07) is 10.4. The molecule has 1 saturated heterocycles. The molecule has 0 amide bonds. The summed E-state index contributed by atoms with van der Waals surface area (Å²) < 4.78 is 0. The van der Waals surface area contributed by atoms with Gasteiger partial charge in [-0.1, -0.05) is 6.07 Å². The minimum absolute atomic E-state index is 0.0423. The van der Waals surface area contributed by atoms with Gasteiger partial charge in [-0.2, -0.15) is 0 Å². The van der Waals surface area contributed by atoms with Crippen LogP contribution in [0.4, 0.5) is 5.69 Å². The molecule has 1 aromatic carbocycles. The molecule has 1 fully saturated rings. The van der Waals surface area contributed by atoms with E-state index in [1.807, 2.05) is 6.07 Å². The molecule has 0 unspecified atom stereocenters. The van der Waals surface area contributed by atoms with Crippen molar-refractivity contribution < 1.29 is 0 Å². The fourth-order valence-electron chi connectivity index (χ4n) is 2.83. The van der Waals surface area contributed by atoms with E-state index in [1.165, 1.54) is 5.69 Å². The van der Waals surface area contributed by atoms with E-state index >= 15 is 0 Å². The van der Waals surface area contributed by atoms with Crippen molar-refractivity contribution >= 4 is 16.6 Å². The molecule has 0 spiro atoms. The molecule has 1 N–H and O–H groups in total. The van der Waals surface area contributed by atoms with Crippen LogP contribution in [0.15, 0.2) is 35.1 Å². The second-order valence-corrected chi connectivity index (χ2v) is 5.71. The maximum atomic E-state index is 11.4. The van der Waals surface area contributed by atoms with Crippen LogP contribution < -0.4 is 10.5 Å². The van der Waals surface area contributed by atoms with Crippen molar-refractivity contribution in [2.45, 2.75) is 19.9 Å². The molecule has 2 aromatic rings. The van der Waals surface area contributed by atoms with Crippen molar-refractivity contribution in [2.75, 3.05) is 31.1 Å². The second kappa shape index (κ2) is 5.29. The lowest BCUT2D eigenvalue weighted by molar-refractivity contribution is 0.209. The summed E-state index contributed by atoms with van der Waals surface area (Å²) in [7, 11) is 0. The Morgan fingerprint density at radius 1 is 1.05 bits per heavy atom. The van der Waals surface area contributed by atoms with Crippen LogP contribution in [0, 0.1) is 0 Å². The van der Waals surface area contributed by atoms with Crippen LogP contribution in [0.3, 0.4) is 0 Å². The van der Waals surface area contributed by atoms with Crippen molar-refractivity contribution in [3.63, 3.8) is 0 Å². The quantitative estimate of drug-likeness (QED) is 0.908. The van der Waals surface area contributed by atoms with Crippen molar-refractivity contribution in [1.82, 2.24) is 9.88 Å². The molecule has 20 heavy (non-hydrogen) atoms. The number of rotatable bonds is 2. The molecule has 3 rings (SSSR count). The number of hydrogen-bond donors (Lipinski definition) is 1. The summed E-state index contributed by atoms with van der Waals surface area (Å²) in [5.41, 5.74) is 2.07. The molecule has 0 aliphatic carbocycles. The third kappa shape index (κ3) is 2.56. The zero-order chi connectivity index (χ0) is 14.1. The SMILES string of the molecule is CC(C)N1CCN(c2ccc3ccc(=O)[nH]c3c2)CC1. The number of benzene rings is 1. The van der Waals surface area contributed by atoms with Crippen molar-refractivity contribution in [3.05, 3.63) is 40.7 Å². The Kier molecular flexibility index (Phi) is 3.49. The van der Waals surface area contributed by atoms with Crippen LogP contribution in [-0.4, -0.2) is 42.1 Å². The summed E-state index contributed by atoms with van der Waals surface area (Å²) in [4.78, 5) is 19.2. The first-order valence-electron chi connectivity index (χ1n) is 7.25. The van der Waals surface area contributed by atoms with Gasteiger partial charge in [0.2, 0.25) is 5.56 Å². The van der Waals surface area contributed by atoms with Crippen molar-refractivity contribution in [3.8, 4) is 0 Å². The van der Waals surface area contributed by atoms with Gasteiger partial charge in [-0.05, 0) is 37.4 Å². The summed E-state index contributed by atoms with van der Waals surface area (Å²) >= 11 is 0. The van der Waals surface area contributed by atoms with Crippen molar-refractivity contribution in [2.24, 2.45) is 0 Å². The lowest BCUT2D eigenvalue weighted by atomic mass is 10.1. The average Bonchev–Trinajstić information content (AvgIpc) is 2.46. The molecule has 0 bridgehead atoms. The van der Waals surface area contributed by atoms with Gasteiger partial charge in [0.05, 0.1) is 5.52 Å². The highest BCUT2D eigenvalue weighted by molar-refractivity contribution is 5.82. The summed E-state index contributed by atoms with van der Waals surface area (Å²) in [5, 5.41) is 1.08. The van der Waals surface area contributed by atoms with E-state index in [-0.39, 0.29) is 5.56 Å². The van der Waals surface area contributed by atoms with Crippen LogP contribution in [0.25, 0.3) is 10.9 Å². The van der Waals surface area contributed by atoms with E-state index in [0.29, 0.717) is 6.04 Å². The van der Waals surface area contributed by atoms with E-state index in [2.05, 4.69) is 46.8 Å². The fraction of sp³-hybridized carbons (Fsp3) is 0.438. The number of piperazine rings is 1. The first-order valence-corrected chi connectivity index (χ1v) is 7.25. The van der Waals surface area contributed by atoms with Gasteiger partial charge in [0.1, 0.15) is 0 Å². The summed E-state index contributed by atoms with van der Waals surface area (Å²) in [5.74, 6) is 0. The predicted molar refractivity (Wildman–Crippen MR) is 83.5 cm³/mol. The number of hydrogen-bond acceptors (Lipinski definition) is 3. The van der Waals surface area contributed by atoms with Gasteiger partial charge in [0, 0.05) is 44.0 Å². The highest BCUT2D eigenvalue weighted by Gasteiger charge is 2.19. The van der Waals surface area contributed by atoms with E-state index in [4.69, 9.17) is 0 Å². The molecule has 1 aliphatic rings.